The van der Waals surface area contributed by atoms with E-state index in [0.29, 0.717) is 18.4 Å². The summed E-state index contributed by atoms with van der Waals surface area (Å²) in [7, 11) is 0. The molecule has 1 aromatic carbocycles. The van der Waals surface area contributed by atoms with Gasteiger partial charge in [0.1, 0.15) is 0 Å². The fourth-order valence-corrected chi connectivity index (χ4v) is 2.01. The van der Waals surface area contributed by atoms with Gasteiger partial charge in [0.15, 0.2) is 0 Å². The fourth-order valence-electron chi connectivity index (χ4n) is 2.01. The van der Waals surface area contributed by atoms with Gasteiger partial charge in [0, 0.05) is 25.3 Å². The predicted octanol–water partition coefficient (Wildman–Crippen LogP) is 3.26. The molecule has 0 spiro atoms. The summed E-state index contributed by atoms with van der Waals surface area (Å²) in [6.07, 6.45) is 0. The van der Waals surface area contributed by atoms with Crippen molar-refractivity contribution in [2.75, 3.05) is 18.0 Å². The van der Waals surface area contributed by atoms with Crippen LogP contribution in [0.25, 0.3) is 0 Å². The molecule has 0 fully saturated rings. The van der Waals surface area contributed by atoms with Gasteiger partial charge in [-0.2, -0.15) is 0 Å². The van der Waals surface area contributed by atoms with Crippen LogP contribution in [0.5, 0.6) is 0 Å². The van der Waals surface area contributed by atoms with Crippen LogP contribution in [-0.2, 0) is 6.54 Å². The second-order valence-corrected chi connectivity index (χ2v) is 5.56. The first-order valence-electron chi connectivity index (χ1n) is 6.57. The minimum absolute atomic E-state index is 0.620. The molecule has 0 saturated heterocycles. The summed E-state index contributed by atoms with van der Waals surface area (Å²) in [6, 6.07) is 8.63. The van der Waals surface area contributed by atoms with Crippen molar-refractivity contribution < 1.29 is 0 Å². The van der Waals surface area contributed by atoms with Gasteiger partial charge in [0.25, 0.3) is 0 Å². The fraction of sp³-hybridized carbons (Fsp3) is 0.600. The maximum absolute atomic E-state index is 5.62. The van der Waals surface area contributed by atoms with Crippen LogP contribution in [-0.4, -0.2) is 13.1 Å². The van der Waals surface area contributed by atoms with Gasteiger partial charge in [-0.3, -0.25) is 0 Å². The van der Waals surface area contributed by atoms with Crippen molar-refractivity contribution in [1.29, 1.82) is 0 Å². The molecule has 0 aliphatic heterocycles. The number of anilines is 1. The van der Waals surface area contributed by atoms with Gasteiger partial charge in [-0.05, 0) is 29.5 Å². The van der Waals surface area contributed by atoms with Crippen molar-refractivity contribution >= 4 is 5.69 Å². The van der Waals surface area contributed by atoms with E-state index >= 15 is 0 Å². The van der Waals surface area contributed by atoms with Crippen molar-refractivity contribution in [2.24, 2.45) is 17.6 Å². The van der Waals surface area contributed by atoms with Crippen molar-refractivity contribution in [1.82, 2.24) is 0 Å². The van der Waals surface area contributed by atoms with Crippen LogP contribution in [0.4, 0.5) is 5.69 Å². The number of nitrogens with two attached hydrogens (primary N) is 1. The molecular weight excluding hydrogens is 208 g/mol. The van der Waals surface area contributed by atoms with Crippen LogP contribution in [0.3, 0.4) is 0 Å². The number of hydrogen-bond acceptors (Lipinski definition) is 2. The number of rotatable bonds is 6. The summed E-state index contributed by atoms with van der Waals surface area (Å²) in [5, 5.41) is 0. The number of benzene rings is 1. The average molecular weight is 234 g/mol. The monoisotopic (exact) mass is 234 g/mol. The first-order valence-corrected chi connectivity index (χ1v) is 6.57. The Morgan fingerprint density at radius 2 is 1.41 bits per heavy atom. The molecule has 0 heterocycles. The van der Waals surface area contributed by atoms with Gasteiger partial charge in [-0.25, -0.2) is 0 Å². The van der Waals surface area contributed by atoms with E-state index in [-0.39, 0.29) is 0 Å². The van der Waals surface area contributed by atoms with Gasteiger partial charge >= 0.3 is 0 Å². The minimum Gasteiger partial charge on any atom is -0.371 e. The Kier molecular flexibility index (Phi) is 5.49. The molecule has 17 heavy (non-hydrogen) atoms. The van der Waals surface area contributed by atoms with Gasteiger partial charge in [-0.1, -0.05) is 39.8 Å². The lowest BCUT2D eigenvalue weighted by molar-refractivity contribution is 0.552. The lowest BCUT2D eigenvalue weighted by Crippen LogP contribution is -2.31. The molecule has 0 radical (unpaired) electrons. The third kappa shape index (κ3) is 4.78. The van der Waals surface area contributed by atoms with Gasteiger partial charge in [0.2, 0.25) is 0 Å². The van der Waals surface area contributed by atoms with Crippen LogP contribution in [0.15, 0.2) is 24.3 Å². The van der Waals surface area contributed by atoms with E-state index in [2.05, 4.69) is 56.9 Å². The molecule has 0 aromatic heterocycles. The maximum atomic E-state index is 5.62. The zero-order chi connectivity index (χ0) is 12.8. The molecule has 0 atom stereocenters. The van der Waals surface area contributed by atoms with Crippen molar-refractivity contribution in [3.63, 3.8) is 0 Å². The highest BCUT2D eigenvalue weighted by atomic mass is 15.1. The van der Waals surface area contributed by atoms with Crippen molar-refractivity contribution in [3.05, 3.63) is 29.8 Å². The maximum Gasteiger partial charge on any atom is 0.0366 e. The standard InChI is InChI=1S/C15H26N2/c1-12(2)10-17(11-13(3)4)15-7-5-14(9-16)6-8-15/h5-8,12-13H,9-11,16H2,1-4H3. The van der Waals surface area contributed by atoms with Crippen molar-refractivity contribution in [3.8, 4) is 0 Å². The van der Waals surface area contributed by atoms with Crippen LogP contribution in [0.2, 0.25) is 0 Å². The van der Waals surface area contributed by atoms with Crippen LogP contribution >= 0.6 is 0 Å². The third-order valence-electron chi connectivity index (χ3n) is 2.71. The quantitative estimate of drug-likeness (QED) is 0.818. The molecule has 1 rings (SSSR count). The lowest BCUT2D eigenvalue weighted by atomic mass is 10.1. The Morgan fingerprint density at radius 3 is 1.76 bits per heavy atom. The Morgan fingerprint density at radius 1 is 0.941 bits per heavy atom. The first-order chi connectivity index (χ1) is 8.02. The second kappa shape index (κ2) is 6.65. The summed E-state index contributed by atoms with van der Waals surface area (Å²) < 4.78 is 0. The highest BCUT2D eigenvalue weighted by Gasteiger charge is 2.10. The van der Waals surface area contributed by atoms with E-state index in [0.717, 1.165) is 13.1 Å². The molecule has 0 unspecified atom stereocenters. The molecule has 1 aromatic rings. The highest BCUT2D eigenvalue weighted by molar-refractivity contribution is 5.47. The summed E-state index contributed by atoms with van der Waals surface area (Å²) in [5.41, 5.74) is 8.13. The minimum atomic E-state index is 0.620. The Labute approximate surface area is 106 Å². The number of nitrogens with zero attached hydrogens (tertiary/aromatic N) is 1. The molecule has 2 N–H and O–H groups in total. The first kappa shape index (κ1) is 14.0. The van der Waals surface area contributed by atoms with Gasteiger partial charge in [-0.15, -0.1) is 0 Å². The SMILES string of the molecule is CC(C)CN(CC(C)C)c1ccc(CN)cc1. The van der Waals surface area contributed by atoms with E-state index in [1.54, 1.807) is 0 Å². The van der Waals surface area contributed by atoms with Crippen LogP contribution < -0.4 is 10.6 Å². The van der Waals surface area contributed by atoms with Gasteiger partial charge < -0.3 is 10.6 Å². The Balaban J connectivity index is 2.79. The van der Waals surface area contributed by atoms with E-state index in [1.165, 1.54) is 11.3 Å². The smallest absolute Gasteiger partial charge is 0.0366 e. The molecule has 96 valence electrons. The molecular formula is C15H26N2. The van der Waals surface area contributed by atoms with Crippen LogP contribution in [0, 0.1) is 11.8 Å². The summed E-state index contributed by atoms with van der Waals surface area (Å²) in [5.74, 6) is 1.37. The molecule has 0 saturated carbocycles. The normalized spacial score (nSPS) is 11.2. The largest absolute Gasteiger partial charge is 0.371 e. The molecule has 0 bridgehead atoms. The molecule has 0 amide bonds. The second-order valence-electron chi connectivity index (χ2n) is 5.56. The Bertz CT molecular complexity index is 304. The third-order valence-corrected chi connectivity index (χ3v) is 2.71. The van der Waals surface area contributed by atoms with Crippen molar-refractivity contribution in [2.45, 2.75) is 34.2 Å². The average Bonchev–Trinajstić information content (AvgIpc) is 2.27. The number of hydrogen-bond donors (Lipinski definition) is 1. The van der Waals surface area contributed by atoms with Gasteiger partial charge in [0.05, 0.1) is 0 Å². The van der Waals surface area contributed by atoms with E-state index in [9.17, 15) is 0 Å². The van der Waals surface area contributed by atoms with E-state index in [1.807, 2.05) is 0 Å². The molecule has 0 aliphatic rings. The van der Waals surface area contributed by atoms with E-state index in [4.69, 9.17) is 5.73 Å². The topological polar surface area (TPSA) is 29.3 Å². The summed E-state index contributed by atoms with van der Waals surface area (Å²) >= 11 is 0. The molecule has 0 aliphatic carbocycles. The zero-order valence-corrected chi connectivity index (χ0v) is 11.6. The predicted molar refractivity (Wildman–Crippen MR) is 76.2 cm³/mol. The Hall–Kier alpha value is -1.02. The van der Waals surface area contributed by atoms with E-state index < -0.39 is 0 Å². The summed E-state index contributed by atoms with van der Waals surface area (Å²) in [6.45, 7) is 11.9. The molecule has 2 nitrogen and oxygen atoms in total. The summed E-state index contributed by atoms with van der Waals surface area (Å²) in [4.78, 5) is 2.47. The molecule has 2 heteroatoms. The highest BCUT2D eigenvalue weighted by Crippen LogP contribution is 2.18. The zero-order valence-electron chi connectivity index (χ0n) is 11.6. The lowest BCUT2D eigenvalue weighted by Gasteiger charge is -2.28. The van der Waals surface area contributed by atoms with Crippen LogP contribution in [0.1, 0.15) is 33.3 Å².